The highest BCUT2D eigenvalue weighted by atomic mass is 16.5. The lowest BCUT2D eigenvalue weighted by Crippen LogP contribution is -2.26. The van der Waals surface area contributed by atoms with Crippen LogP contribution in [0.4, 0.5) is 0 Å². The summed E-state index contributed by atoms with van der Waals surface area (Å²) in [6, 6.07) is 11.7. The molecule has 0 unspecified atom stereocenters. The molecule has 6 nitrogen and oxygen atoms in total. The monoisotopic (exact) mass is 324 g/mol. The summed E-state index contributed by atoms with van der Waals surface area (Å²) in [5.74, 6) is 1.46. The summed E-state index contributed by atoms with van der Waals surface area (Å²) >= 11 is 0. The number of carbonyl (C=O) groups excluding carboxylic acids is 1. The minimum atomic E-state index is -0.125. The van der Waals surface area contributed by atoms with Crippen molar-refractivity contribution in [1.82, 2.24) is 19.7 Å². The number of amides is 1. The molecule has 3 aromatic rings. The number of carbonyl (C=O) groups is 1. The lowest BCUT2D eigenvalue weighted by atomic mass is 10.1. The molecule has 2 aromatic heterocycles. The average molecular weight is 324 g/mol. The van der Waals surface area contributed by atoms with E-state index < -0.39 is 0 Å². The van der Waals surface area contributed by atoms with Crippen molar-refractivity contribution in [2.24, 2.45) is 7.05 Å². The molecule has 0 aliphatic rings. The first-order chi connectivity index (χ1) is 11.7. The summed E-state index contributed by atoms with van der Waals surface area (Å²) in [6.07, 6.45) is 6.14. The Labute approximate surface area is 140 Å². The number of ether oxygens (including phenoxy) is 1. The highest BCUT2D eigenvalue weighted by Gasteiger charge is 2.16. The molecular weight excluding hydrogens is 304 g/mol. The van der Waals surface area contributed by atoms with Crippen molar-refractivity contribution in [3.63, 3.8) is 0 Å². The number of aromatic nitrogens is 3. The van der Waals surface area contributed by atoms with Crippen LogP contribution in [0.2, 0.25) is 0 Å². The van der Waals surface area contributed by atoms with Crippen LogP contribution in [0.1, 0.15) is 15.9 Å². The third-order valence-electron chi connectivity index (χ3n) is 3.86. The number of nitrogens with one attached hydrogen (secondary N) is 1. The highest BCUT2D eigenvalue weighted by Crippen LogP contribution is 2.14. The van der Waals surface area contributed by atoms with Gasteiger partial charge in [-0.1, -0.05) is 12.1 Å². The number of nitrogens with zero attached hydrogens (tertiary/aromatic N) is 3. The van der Waals surface area contributed by atoms with Crippen molar-refractivity contribution >= 4 is 5.91 Å². The first-order valence-corrected chi connectivity index (χ1v) is 7.75. The number of methoxy groups -OCH3 is 1. The van der Waals surface area contributed by atoms with Gasteiger partial charge in [0.1, 0.15) is 17.1 Å². The van der Waals surface area contributed by atoms with Gasteiger partial charge in [-0.3, -0.25) is 9.48 Å². The number of rotatable bonds is 6. The van der Waals surface area contributed by atoms with Gasteiger partial charge in [-0.25, -0.2) is 0 Å². The summed E-state index contributed by atoms with van der Waals surface area (Å²) in [7, 11) is 3.47. The van der Waals surface area contributed by atoms with E-state index in [0.29, 0.717) is 12.1 Å². The molecule has 0 aliphatic carbocycles. The summed E-state index contributed by atoms with van der Waals surface area (Å²) in [5, 5.41) is 7.15. The van der Waals surface area contributed by atoms with Crippen molar-refractivity contribution in [3.05, 3.63) is 66.1 Å². The van der Waals surface area contributed by atoms with Crippen LogP contribution in [0.5, 0.6) is 5.75 Å². The number of benzene rings is 1. The van der Waals surface area contributed by atoms with Gasteiger partial charge in [-0.2, -0.15) is 5.10 Å². The average Bonchev–Trinajstić information content (AvgIpc) is 3.24. The van der Waals surface area contributed by atoms with Crippen molar-refractivity contribution in [2.75, 3.05) is 13.7 Å². The van der Waals surface area contributed by atoms with Gasteiger partial charge in [-0.05, 0) is 36.2 Å². The van der Waals surface area contributed by atoms with Crippen LogP contribution in [-0.4, -0.2) is 33.9 Å². The Morgan fingerprint density at radius 2 is 1.92 bits per heavy atom. The topological polar surface area (TPSA) is 61.1 Å². The Kier molecular flexibility index (Phi) is 4.65. The van der Waals surface area contributed by atoms with Crippen LogP contribution in [0.3, 0.4) is 0 Å². The van der Waals surface area contributed by atoms with Crippen molar-refractivity contribution < 1.29 is 9.53 Å². The molecule has 24 heavy (non-hydrogen) atoms. The molecule has 6 heteroatoms. The van der Waals surface area contributed by atoms with E-state index in [-0.39, 0.29) is 5.91 Å². The maximum absolute atomic E-state index is 12.5. The quantitative estimate of drug-likeness (QED) is 0.756. The van der Waals surface area contributed by atoms with Gasteiger partial charge in [0.15, 0.2) is 0 Å². The second-order valence-corrected chi connectivity index (χ2v) is 5.45. The number of aryl methyl sites for hydroxylation is 1. The molecule has 0 radical (unpaired) electrons. The molecule has 1 amide bonds. The van der Waals surface area contributed by atoms with Crippen molar-refractivity contribution in [1.29, 1.82) is 0 Å². The second-order valence-electron chi connectivity index (χ2n) is 5.45. The molecule has 0 spiro atoms. The molecule has 3 rings (SSSR count). The smallest absolute Gasteiger partial charge is 0.256 e. The highest BCUT2D eigenvalue weighted by molar-refractivity contribution is 5.97. The van der Waals surface area contributed by atoms with Crippen molar-refractivity contribution in [2.45, 2.75) is 6.42 Å². The third kappa shape index (κ3) is 3.32. The molecule has 1 N–H and O–H groups in total. The van der Waals surface area contributed by atoms with E-state index in [2.05, 4.69) is 10.4 Å². The van der Waals surface area contributed by atoms with Crippen LogP contribution in [-0.2, 0) is 13.5 Å². The van der Waals surface area contributed by atoms with E-state index in [1.165, 1.54) is 0 Å². The largest absolute Gasteiger partial charge is 0.497 e. The maximum atomic E-state index is 12.5. The SMILES string of the molecule is COc1ccc(CCNC(=O)c2cnn(C)c2-n2cccc2)cc1. The maximum Gasteiger partial charge on any atom is 0.256 e. The van der Waals surface area contributed by atoms with E-state index in [0.717, 1.165) is 23.6 Å². The molecule has 0 atom stereocenters. The van der Waals surface area contributed by atoms with Gasteiger partial charge in [0.05, 0.1) is 13.3 Å². The molecule has 0 saturated heterocycles. The number of hydrogen-bond donors (Lipinski definition) is 1. The van der Waals surface area contributed by atoms with Crippen LogP contribution in [0, 0.1) is 0 Å². The lowest BCUT2D eigenvalue weighted by Gasteiger charge is -2.09. The van der Waals surface area contributed by atoms with Gasteiger partial charge in [0.25, 0.3) is 5.91 Å². The van der Waals surface area contributed by atoms with E-state index in [4.69, 9.17) is 4.74 Å². The van der Waals surface area contributed by atoms with E-state index in [9.17, 15) is 4.79 Å². The molecule has 0 aliphatic heterocycles. The normalized spacial score (nSPS) is 10.6. The van der Waals surface area contributed by atoms with Crippen molar-refractivity contribution in [3.8, 4) is 11.6 Å². The van der Waals surface area contributed by atoms with E-state index in [1.54, 1.807) is 18.0 Å². The summed E-state index contributed by atoms with van der Waals surface area (Å²) < 4.78 is 8.71. The van der Waals surface area contributed by atoms with Gasteiger partial charge >= 0.3 is 0 Å². The molecule has 0 bridgehead atoms. The minimum Gasteiger partial charge on any atom is -0.497 e. The fourth-order valence-electron chi connectivity index (χ4n) is 2.58. The molecule has 2 heterocycles. The molecular formula is C18H20N4O2. The molecule has 0 fully saturated rings. The van der Waals surface area contributed by atoms with Crippen LogP contribution >= 0.6 is 0 Å². The Balaban J connectivity index is 1.63. The Hall–Kier alpha value is -3.02. The summed E-state index contributed by atoms with van der Waals surface area (Å²) in [4.78, 5) is 12.5. The van der Waals surface area contributed by atoms with Crippen LogP contribution in [0.25, 0.3) is 5.82 Å². The standard InChI is InChI=1S/C18H20N4O2/c1-21-18(22-11-3-4-12-22)16(13-20-21)17(23)19-10-9-14-5-7-15(24-2)8-6-14/h3-8,11-13H,9-10H2,1-2H3,(H,19,23). The Morgan fingerprint density at radius 1 is 1.21 bits per heavy atom. The zero-order chi connectivity index (χ0) is 16.9. The minimum absolute atomic E-state index is 0.125. The van der Waals surface area contributed by atoms with E-state index >= 15 is 0 Å². The van der Waals surface area contributed by atoms with Gasteiger partial charge < -0.3 is 14.6 Å². The molecule has 124 valence electrons. The molecule has 1 aromatic carbocycles. The van der Waals surface area contributed by atoms with E-state index in [1.807, 2.05) is 60.4 Å². The zero-order valence-corrected chi connectivity index (χ0v) is 13.8. The Morgan fingerprint density at radius 3 is 2.58 bits per heavy atom. The first-order valence-electron chi connectivity index (χ1n) is 7.75. The van der Waals surface area contributed by atoms with Crippen LogP contribution in [0.15, 0.2) is 55.0 Å². The summed E-state index contributed by atoms with van der Waals surface area (Å²) in [5.41, 5.74) is 1.70. The summed E-state index contributed by atoms with van der Waals surface area (Å²) in [6.45, 7) is 0.561. The first kappa shape index (κ1) is 15.9. The zero-order valence-electron chi connectivity index (χ0n) is 13.8. The Bertz CT molecular complexity index is 804. The van der Waals surface area contributed by atoms with Crippen LogP contribution < -0.4 is 10.1 Å². The fraction of sp³-hybridized carbons (Fsp3) is 0.222. The second kappa shape index (κ2) is 7.04. The predicted octanol–water partition coefficient (Wildman–Crippen LogP) is 2.19. The molecule has 0 saturated carbocycles. The number of hydrogen-bond acceptors (Lipinski definition) is 3. The fourth-order valence-corrected chi connectivity index (χ4v) is 2.58. The third-order valence-corrected chi connectivity index (χ3v) is 3.86. The van der Waals surface area contributed by atoms with Gasteiger partial charge in [0, 0.05) is 26.0 Å². The predicted molar refractivity (Wildman–Crippen MR) is 91.6 cm³/mol. The van der Waals surface area contributed by atoms with Gasteiger partial charge in [0.2, 0.25) is 0 Å². The lowest BCUT2D eigenvalue weighted by molar-refractivity contribution is 0.0954. The van der Waals surface area contributed by atoms with Gasteiger partial charge in [-0.15, -0.1) is 0 Å².